The van der Waals surface area contributed by atoms with Crippen molar-refractivity contribution in [2.24, 2.45) is 0 Å². The van der Waals surface area contributed by atoms with Gasteiger partial charge in [-0.25, -0.2) is 9.18 Å². The van der Waals surface area contributed by atoms with Gasteiger partial charge in [0.1, 0.15) is 17.3 Å². The molecule has 0 saturated carbocycles. The van der Waals surface area contributed by atoms with E-state index in [1.165, 1.54) is 24.3 Å². The SMILES string of the molecule is CCOC(=O)C=Cc1ccc(-c2ccc(F)cc2)o1. The molecule has 0 aliphatic rings. The van der Waals surface area contributed by atoms with Crippen LogP contribution in [0.15, 0.2) is 46.9 Å². The first-order valence-corrected chi connectivity index (χ1v) is 5.89. The Morgan fingerprint density at radius 2 is 2.00 bits per heavy atom. The summed E-state index contributed by atoms with van der Waals surface area (Å²) < 4.78 is 23.1. The molecule has 3 nitrogen and oxygen atoms in total. The molecule has 0 unspecified atom stereocenters. The highest BCUT2D eigenvalue weighted by Gasteiger charge is 2.03. The lowest BCUT2D eigenvalue weighted by atomic mass is 10.2. The third kappa shape index (κ3) is 3.55. The van der Waals surface area contributed by atoms with Crippen LogP contribution < -0.4 is 0 Å². The minimum atomic E-state index is -0.415. The second kappa shape index (κ2) is 6.00. The van der Waals surface area contributed by atoms with E-state index >= 15 is 0 Å². The van der Waals surface area contributed by atoms with Gasteiger partial charge in [0.05, 0.1) is 6.61 Å². The second-order valence-corrected chi connectivity index (χ2v) is 3.79. The molecule has 0 N–H and O–H groups in total. The van der Waals surface area contributed by atoms with E-state index in [1.807, 2.05) is 0 Å². The molecule has 0 bridgehead atoms. The number of hydrogen-bond acceptors (Lipinski definition) is 3. The van der Waals surface area contributed by atoms with E-state index < -0.39 is 5.97 Å². The first-order valence-electron chi connectivity index (χ1n) is 5.89. The molecule has 4 heteroatoms. The summed E-state index contributed by atoms with van der Waals surface area (Å²) in [5.74, 6) is 0.441. The van der Waals surface area contributed by atoms with Gasteiger partial charge in [-0.15, -0.1) is 0 Å². The van der Waals surface area contributed by atoms with Crippen molar-refractivity contribution in [3.63, 3.8) is 0 Å². The van der Waals surface area contributed by atoms with Crippen LogP contribution >= 0.6 is 0 Å². The van der Waals surface area contributed by atoms with Crippen molar-refractivity contribution < 1.29 is 18.3 Å². The average Bonchev–Trinajstić information content (AvgIpc) is 2.86. The monoisotopic (exact) mass is 260 g/mol. The zero-order valence-corrected chi connectivity index (χ0v) is 10.4. The Labute approximate surface area is 110 Å². The Bertz CT molecular complexity index is 582. The number of halogens is 1. The molecule has 19 heavy (non-hydrogen) atoms. The van der Waals surface area contributed by atoms with Crippen LogP contribution in [-0.4, -0.2) is 12.6 Å². The molecule has 0 spiro atoms. The van der Waals surface area contributed by atoms with Crippen LogP contribution in [0.5, 0.6) is 0 Å². The van der Waals surface area contributed by atoms with Crippen molar-refractivity contribution in [1.82, 2.24) is 0 Å². The molecule has 0 saturated heterocycles. The lowest BCUT2D eigenvalue weighted by molar-refractivity contribution is -0.137. The number of ether oxygens (including phenoxy) is 1. The predicted octanol–water partition coefficient (Wildman–Crippen LogP) is 3.66. The summed E-state index contributed by atoms with van der Waals surface area (Å²) in [6.07, 6.45) is 2.84. The van der Waals surface area contributed by atoms with E-state index in [9.17, 15) is 9.18 Å². The molecular formula is C15H13FO3. The van der Waals surface area contributed by atoms with E-state index in [-0.39, 0.29) is 5.82 Å². The van der Waals surface area contributed by atoms with Crippen LogP contribution in [0.2, 0.25) is 0 Å². The van der Waals surface area contributed by atoms with Crippen LogP contribution in [0.25, 0.3) is 17.4 Å². The normalized spacial score (nSPS) is 10.8. The molecule has 98 valence electrons. The van der Waals surface area contributed by atoms with Crippen LogP contribution in [0.3, 0.4) is 0 Å². The molecule has 0 radical (unpaired) electrons. The van der Waals surface area contributed by atoms with E-state index in [0.29, 0.717) is 18.1 Å². The standard InChI is InChI=1S/C15H13FO3/c1-2-18-15(17)10-8-13-7-9-14(19-13)11-3-5-12(16)6-4-11/h3-10H,2H2,1H3. The predicted molar refractivity (Wildman–Crippen MR) is 69.8 cm³/mol. The van der Waals surface area contributed by atoms with E-state index in [4.69, 9.17) is 9.15 Å². The lowest BCUT2D eigenvalue weighted by Crippen LogP contribution is -1.98. The maximum Gasteiger partial charge on any atom is 0.330 e. The Kier molecular flexibility index (Phi) is 4.13. The van der Waals surface area contributed by atoms with Gasteiger partial charge in [-0.2, -0.15) is 0 Å². The number of rotatable bonds is 4. The zero-order chi connectivity index (χ0) is 13.7. The number of carbonyl (C=O) groups is 1. The molecule has 0 amide bonds. The molecule has 0 atom stereocenters. The summed E-state index contributed by atoms with van der Waals surface area (Å²) >= 11 is 0. The summed E-state index contributed by atoms with van der Waals surface area (Å²) in [6, 6.07) is 9.49. The molecule has 2 aromatic rings. The summed E-state index contributed by atoms with van der Waals surface area (Å²) in [7, 11) is 0. The molecule has 0 aliphatic carbocycles. The van der Waals surface area contributed by atoms with Gasteiger partial charge in [0.2, 0.25) is 0 Å². The third-order valence-corrected chi connectivity index (χ3v) is 2.43. The smallest absolute Gasteiger partial charge is 0.330 e. The van der Waals surface area contributed by atoms with Crippen molar-refractivity contribution >= 4 is 12.0 Å². The minimum Gasteiger partial charge on any atom is -0.463 e. The van der Waals surface area contributed by atoms with Gasteiger partial charge in [-0.05, 0) is 49.4 Å². The van der Waals surface area contributed by atoms with E-state index in [1.54, 1.807) is 31.2 Å². The van der Waals surface area contributed by atoms with Crippen LogP contribution in [0, 0.1) is 5.82 Å². The van der Waals surface area contributed by atoms with Gasteiger partial charge in [-0.1, -0.05) is 0 Å². The Hall–Kier alpha value is -2.36. The number of esters is 1. The van der Waals surface area contributed by atoms with Crippen molar-refractivity contribution in [3.05, 3.63) is 54.1 Å². The summed E-state index contributed by atoms with van der Waals surface area (Å²) in [5.41, 5.74) is 0.775. The number of furan rings is 1. The van der Waals surface area contributed by atoms with Gasteiger partial charge in [0, 0.05) is 11.6 Å². The molecule has 1 aromatic heterocycles. The minimum absolute atomic E-state index is 0.294. The Morgan fingerprint density at radius 1 is 1.26 bits per heavy atom. The van der Waals surface area contributed by atoms with Crippen LogP contribution in [-0.2, 0) is 9.53 Å². The van der Waals surface area contributed by atoms with Gasteiger partial charge >= 0.3 is 5.97 Å². The van der Waals surface area contributed by atoms with Gasteiger partial charge in [0.25, 0.3) is 0 Å². The fraction of sp³-hybridized carbons (Fsp3) is 0.133. The molecule has 0 aliphatic heterocycles. The summed E-state index contributed by atoms with van der Waals surface area (Å²) in [4.78, 5) is 11.1. The van der Waals surface area contributed by atoms with E-state index in [2.05, 4.69) is 0 Å². The molecule has 1 aromatic carbocycles. The molecule has 0 fully saturated rings. The highest BCUT2D eigenvalue weighted by molar-refractivity contribution is 5.86. The summed E-state index contributed by atoms with van der Waals surface area (Å²) in [6.45, 7) is 2.08. The lowest BCUT2D eigenvalue weighted by Gasteiger charge is -1.96. The summed E-state index contributed by atoms with van der Waals surface area (Å²) in [5, 5.41) is 0. The first-order chi connectivity index (χ1) is 9.19. The largest absolute Gasteiger partial charge is 0.463 e. The van der Waals surface area contributed by atoms with Crippen molar-refractivity contribution in [2.45, 2.75) is 6.92 Å². The maximum absolute atomic E-state index is 12.8. The fourth-order valence-electron chi connectivity index (χ4n) is 1.55. The average molecular weight is 260 g/mol. The molecule has 1 heterocycles. The maximum atomic E-state index is 12.8. The topological polar surface area (TPSA) is 39.4 Å². The molecule has 2 rings (SSSR count). The van der Waals surface area contributed by atoms with Gasteiger partial charge in [-0.3, -0.25) is 0 Å². The number of hydrogen-bond donors (Lipinski definition) is 0. The van der Waals surface area contributed by atoms with Crippen molar-refractivity contribution in [2.75, 3.05) is 6.61 Å². The molecular weight excluding hydrogens is 247 g/mol. The quantitative estimate of drug-likeness (QED) is 0.622. The van der Waals surface area contributed by atoms with Gasteiger partial charge in [0.15, 0.2) is 0 Å². The highest BCUT2D eigenvalue weighted by Crippen LogP contribution is 2.22. The first kappa shape index (κ1) is 13.1. The van der Waals surface area contributed by atoms with Crippen molar-refractivity contribution in [3.8, 4) is 11.3 Å². The van der Waals surface area contributed by atoms with E-state index in [0.717, 1.165) is 5.56 Å². The zero-order valence-electron chi connectivity index (χ0n) is 10.4. The number of benzene rings is 1. The highest BCUT2D eigenvalue weighted by atomic mass is 19.1. The number of carbonyl (C=O) groups excluding carboxylic acids is 1. The van der Waals surface area contributed by atoms with Crippen LogP contribution in [0.1, 0.15) is 12.7 Å². The second-order valence-electron chi connectivity index (χ2n) is 3.79. The van der Waals surface area contributed by atoms with Crippen LogP contribution in [0.4, 0.5) is 4.39 Å². The van der Waals surface area contributed by atoms with Crippen molar-refractivity contribution in [1.29, 1.82) is 0 Å². The fourth-order valence-corrected chi connectivity index (χ4v) is 1.55. The van der Waals surface area contributed by atoms with Gasteiger partial charge < -0.3 is 9.15 Å². The third-order valence-electron chi connectivity index (χ3n) is 2.43. The Balaban J connectivity index is 2.11. The Morgan fingerprint density at radius 3 is 2.68 bits per heavy atom.